The minimum Gasteiger partial charge on any atom is -0.328 e. The summed E-state index contributed by atoms with van der Waals surface area (Å²) >= 11 is 0. The molecule has 2 aliphatic rings. The first kappa shape index (κ1) is 9.20. The number of nitrogens with two attached hydrogens (primary N) is 1. The van der Waals surface area contributed by atoms with E-state index in [4.69, 9.17) is 5.73 Å². The van der Waals surface area contributed by atoms with Crippen LogP contribution >= 0.6 is 0 Å². The Balaban J connectivity index is 1.83. The molecule has 0 atom stereocenters. The standard InChI is InChI=1S/C11H19NO/c12-10-6-4-9(5-7-10)11(13)8-2-1-3-8/h8-10H,1-7,12H2. The molecule has 0 aromatic carbocycles. The van der Waals surface area contributed by atoms with Crippen LogP contribution in [0.5, 0.6) is 0 Å². The third-order valence-electron chi connectivity index (χ3n) is 3.68. The number of carbonyl (C=O) groups is 1. The molecule has 0 aromatic rings. The van der Waals surface area contributed by atoms with Crippen molar-refractivity contribution in [3.63, 3.8) is 0 Å². The van der Waals surface area contributed by atoms with Crippen molar-refractivity contribution in [2.75, 3.05) is 0 Å². The minimum atomic E-state index is 0.366. The van der Waals surface area contributed by atoms with Crippen molar-refractivity contribution >= 4 is 5.78 Å². The highest BCUT2D eigenvalue weighted by Gasteiger charge is 2.32. The molecular formula is C11H19NO. The van der Waals surface area contributed by atoms with Gasteiger partial charge in [-0.25, -0.2) is 0 Å². The van der Waals surface area contributed by atoms with Crippen LogP contribution < -0.4 is 5.73 Å². The molecule has 2 fully saturated rings. The molecule has 2 N–H and O–H groups in total. The number of hydrogen-bond acceptors (Lipinski definition) is 2. The third kappa shape index (κ3) is 1.93. The van der Waals surface area contributed by atoms with Crippen LogP contribution in [0.3, 0.4) is 0 Å². The second-order valence-electron chi connectivity index (χ2n) is 4.64. The molecular weight excluding hydrogens is 162 g/mol. The molecule has 0 unspecified atom stereocenters. The lowest BCUT2D eigenvalue weighted by Crippen LogP contribution is -2.34. The van der Waals surface area contributed by atoms with Crippen molar-refractivity contribution in [3.8, 4) is 0 Å². The van der Waals surface area contributed by atoms with Gasteiger partial charge < -0.3 is 5.73 Å². The molecule has 2 aliphatic carbocycles. The first-order chi connectivity index (χ1) is 6.27. The molecule has 0 heterocycles. The molecule has 13 heavy (non-hydrogen) atoms. The summed E-state index contributed by atoms with van der Waals surface area (Å²) in [7, 11) is 0. The molecule has 0 radical (unpaired) electrons. The molecule has 0 aliphatic heterocycles. The Kier molecular flexibility index (Phi) is 2.68. The van der Waals surface area contributed by atoms with Crippen LogP contribution in [-0.4, -0.2) is 11.8 Å². The highest BCUT2D eigenvalue weighted by molar-refractivity contribution is 5.84. The summed E-state index contributed by atoms with van der Waals surface area (Å²) in [6.07, 6.45) is 7.80. The van der Waals surface area contributed by atoms with E-state index in [1.54, 1.807) is 0 Å². The lowest BCUT2D eigenvalue weighted by Gasteiger charge is -2.31. The molecule has 2 rings (SSSR count). The smallest absolute Gasteiger partial charge is 0.139 e. The second kappa shape index (κ2) is 3.79. The quantitative estimate of drug-likeness (QED) is 0.706. The zero-order valence-corrected chi connectivity index (χ0v) is 8.17. The summed E-state index contributed by atoms with van der Waals surface area (Å²) < 4.78 is 0. The number of ketones is 1. The van der Waals surface area contributed by atoms with Gasteiger partial charge >= 0.3 is 0 Å². The fourth-order valence-corrected chi connectivity index (χ4v) is 2.43. The van der Waals surface area contributed by atoms with Gasteiger partial charge in [-0.15, -0.1) is 0 Å². The molecule has 2 heteroatoms. The Labute approximate surface area is 79.9 Å². The van der Waals surface area contributed by atoms with E-state index in [-0.39, 0.29) is 0 Å². The van der Waals surface area contributed by atoms with Gasteiger partial charge in [-0.05, 0) is 38.5 Å². The predicted octanol–water partition coefficient (Wildman–Crippen LogP) is 1.87. The maximum Gasteiger partial charge on any atom is 0.139 e. The summed E-state index contributed by atoms with van der Waals surface area (Å²) in [5, 5.41) is 0. The highest BCUT2D eigenvalue weighted by Crippen LogP contribution is 2.34. The molecule has 0 spiro atoms. The third-order valence-corrected chi connectivity index (χ3v) is 3.68. The Morgan fingerprint density at radius 1 is 0.923 bits per heavy atom. The number of hydrogen-bond donors (Lipinski definition) is 1. The topological polar surface area (TPSA) is 43.1 Å². The van der Waals surface area contributed by atoms with Gasteiger partial charge in [0.2, 0.25) is 0 Å². The number of rotatable bonds is 2. The Bertz CT molecular complexity index is 190. The van der Waals surface area contributed by atoms with Crippen molar-refractivity contribution in [2.45, 2.75) is 51.0 Å². The van der Waals surface area contributed by atoms with Gasteiger partial charge in [-0.3, -0.25) is 4.79 Å². The first-order valence-electron chi connectivity index (χ1n) is 5.56. The monoisotopic (exact) mass is 181 g/mol. The summed E-state index contributed by atoms with van der Waals surface area (Å²) in [5.41, 5.74) is 5.81. The normalized spacial score (nSPS) is 35.5. The van der Waals surface area contributed by atoms with Crippen molar-refractivity contribution in [1.82, 2.24) is 0 Å². The predicted molar refractivity (Wildman–Crippen MR) is 52.3 cm³/mol. The van der Waals surface area contributed by atoms with E-state index < -0.39 is 0 Å². The molecule has 2 saturated carbocycles. The van der Waals surface area contributed by atoms with E-state index in [0.29, 0.717) is 23.7 Å². The van der Waals surface area contributed by atoms with E-state index in [1.165, 1.54) is 6.42 Å². The molecule has 74 valence electrons. The average Bonchev–Trinajstić information content (AvgIpc) is 2.02. The highest BCUT2D eigenvalue weighted by atomic mass is 16.1. The maximum atomic E-state index is 11.8. The van der Waals surface area contributed by atoms with Gasteiger partial charge in [0.1, 0.15) is 5.78 Å². The summed E-state index contributed by atoms with van der Waals surface area (Å²) in [5.74, 6) is 1.35. The lowest BCUT2D eigenvalue weighted by molar-refractivity contribution is -0.130. The van der Waals surface area contributed by atoms with E-state index in [1.807, 2.05) is 0 Å². The zero-order chi connectivity index (χ0) is 9.26. The van der Waals surface area contributed by atoms with Crippen LogP contribution in [0, 0.1) is 11.8 Å². The fraction of sp³-hybridized carbons (Fsp3) is 0.909. The number of carbonyl (C=O) groups excluding carboxylic acids is 1. The fourth-order valence-electron chi connectivity index (χ4n) is 2.43. The van der Waals surface area contributed by atoms with Crippen molar-refractivity contribution in [1.29, 1.82) is 0 Å². The minimum absolute atomic E-state index is 0.366. The van der Waals surface area contributed by atoms with Gasteiger partial charge in [-0.2, -0.15) is 0 Å². The Morgan fingerprint density at radius 3 is 1.92 bits per heavy atom. The van der Waals surface area contributed by atoms with Crippen molar-refractivity contribution in [2.24, 2.45) is 17.6 Å². The van der Waals surface area contributed by atoms with Gasteiger partial charge in [0, 0.05) is 17.9 Å². The van der Waals surface area contributed by atoms with Gasteiger partial charge in [0.25, 0.3) is 0 Å². The average molecular weight is 181 g/mol. The number of Topliss-reactive ketones (excluding diaryl/α,β-unsaturated/α-hetero) is 1. The van der Waals surface area contributed by atoms with Gasteiger partial charge in [-0.1, -0.05) is 6.42 Å². The Hall–Kier alpha value is -0.370. The van der Waals surface area contributed by atoms with Crippen LogP contribution in [0.15, 0.2) is 0 Å². The molecule has 0 aromatic heterocycles. The van der Waals surface area contributed by atoms with E-state index in [0.717, 1.165) is 38.5 Å². The van der Waals surface area contributed by atoms with E-state index >= 15 is 0 Å². The molecule has 2 nitrogen and oxygen atoms in total. The van der Waals surface area contributed by atoms with E-state index in [2.05, 4.69) is 0 Å². The van der Waals surface area contributed by atoms with Crippen LogP contribution in [0.25, 0.3) is 0 Å². The summed E-state index contributed by atoms with van der Waals surface area (Å²) in [4.78, 5) is 11.8. The molecule has 0 bridgehead atoms. The maximum absolute atomic E-state index is 11.8. The lowest BCUT2D eigenvalue weighted by atomic mass is 9.73. The van der Waals surface area contributed by atoms with Gasteiger partial charge in [0.05, 0.1) is 0 Å². The molecule has 0 amide bonds. The second-order valence-corrected chi connectivity index (χ2v) is 4.64. The van der Waals surface area contributed by atoms with E-state index in [9.17, 15) is 4.79 Å². The van der Waals surface area contributed by atoms with Crippen LogP contribution in [-0.2, 0) is 4.79 Å². The van der Waals surface area contributed by atoms with Crippen molar-refractivity contribution in [3.05, 3.63) is 0 Å². The molecule has 0 saturated heterocycles. The van der Waals surface area contributed by atoms with Crippen LogP contribution in [0.2, 0.25) is 0 Å². The zero-order valence-electron chi connectivity index (χ0n) is 8.17. The van der Waals surface area contributed by atoms with Crippen LogP contribution in [0.1, 0.15) is 44.9 Å². The SMILES string of the molecule is NC1CCC(C(=O)C2CCC2)CC1. The largest absolute Gasteiger partial charge is 0.328 e. The van der Waals surface area contributed by atoms with Crippen LogP contribution in [0.4, 0.5) is 0 Å². The summed E-state index contributed by atoms with van der Waals surface area (Å²) in [6.45, 7) is 0. The Morgan fingerprint density at radius 2 is 1.46 bits per heavy atom. The first-order valence-corrected chi connectivity index (χ1v) is 5.56. The summed E-state index contributed by atoms with van der Waals surface area (Å²) in [6, 6.07) is 0.366. The van der Waals surface area contributed by atoms with Gasteiger partial charge in [0.15, 0.2) is 0 Å². The van der Waals surface area contributed by atoms with Crippen molar-refractivity contribution < 1.29 is 4.79 Å².